The summed E-state index contributed by atoms with van der Waals surface area (Å²) >= 11 is 0. The van der Waals surface area contributed by atoms with Crippen LogP contribution in [0.1, 0.15) is 183 Å². The number of hydrogen-bond acceptors (Lipinski definition) is 12. The topological polar surface area (TPSA) is 227 Å². The molecule has 12 atom stereocenters. The molecule has 6 fully saturated rings. The fourth-order valence-electron chi connectivity index (χ4n) is 10.8. The molecule has 0 aromatic rings. The highest BCUT2D eigenvalue weighted by molar-refractivity contribution is 5.69. The largest absolute Gasteiger partial charge is 0.481 e. The maximum atomic E-state index is 12.6. The molecule has 67 heavy (non-hydrogen) atoms. The summed E-state index contributed by atoms with van der Waals surface area (Å²) in [5, 5.41) is 35.6. The van der Waals surface area contributed by atoms with Crippen LogP contribution in [0.5, 0.6) is 0 Å². The third kappa shape index (κ3) is 17.2. The summed E-state index contributed by atoms with van der Waals surface area (Å²) in [5.74, 6) is -2.21. The van der Waals surface area contributed by atoms with Gasteiger partial charge in [0.2, 0.25) is 0 Å². The molecule has 0 unspecified atom stereocenters. The van der Waals surface area contributed by atoms with Crippen molar-refractivity contribution >= 4 is 23.9 Å². The number of allylic oxidation sites excluding steroid dienone is 2. The number of unbranched alkanes of at least 4 members (excludes halogenated alkanes) is 10. The van der Waals surface area contributed by atoms with Crippen LogP contribution in [-0.4, -0.2) is 131 Å². The van der Waals surface area contributed by atoms with Crippen molar-refractivity contribution in [2.24, 2.45) is 11.8 Å². The van der Waals surface area contributed by atoms with Gasteiger partial charge in [-0.3, -0.25) is 19.2 Å². The Labute approximate surface area is 400 Å². The maximum Gasteiger partial charge on any atom is 0.306 e. The standard InChI is InChI=1S/C26H42O7.C16H26O4.C10H18O4/c1-18(2)13-14-20-25(3,33-20)24-23(30-4)19(15-16-26(24)17-31-26)32-22(29)12-10-8-6-5-7-9-11-21(27)28;1-10(2)5-6-12-15(3,20-12)14-13(18-4)11(17)7-8-16(14)9-19-16;11-9(12)7-5-3-1-2-4-6-8-10(13)14/h13,19-20,23-24H,5-12,14-17H2,1-4H3,(H,27,28);5,11-14,17H,6-9H2,1-4H3;1-8H2,(H,11,12)(H,13,14)/t19-,20-,23-,24-,25+,26+;11-,12-,13-,14-,15+,16+;/m11./s1. The van der Waals surface area contributed by atoms with Crippen LogP contribution >= 0.6 is 0 Å². The SMILES string of the molecule is CO[C@@H]1[C@H](O)CC[C@]2(CO2)[C@H]1[C@@]1(C)O[C@@H]1CC=C(C)C.CO[C@@H]1[C@H](OC(=O)CCCCCCCCC(=O)O)CC[C@]2(CO2)[C@H]1[C@@]1(C)O[C@@H]1CC=C(C)C.O=C(O)CCCCCCCCC(=O)O. The van der Waals surface area contributed by atoms with Gasteiger partial charge in [-0.1, -0.05) is 74.7 Å². The molecular formula is C52H86O15. The fraction of sp³-hybridized carbons (Fsp3) is 0.846. The lowest BCUT2D eigenvalue weighted by Crippen LogP contribution is -2.55. The van der Waals surface area contributed by atoms with Crippen LogP contribution in [-0.2, 0) is 52.3 Å². The highest BCUT2D eigenvalue weighted by atomic mass is 16.6. The molecule has 2 aliphatic carbocycles. The Kier molecular flexibility index (Phi) is 22.3. The molecule has 384 valence electrons. The van der Waals surface area contributed by atoms with Gasteiger partial charge in [0.15, 0.2) is 0 Å². The molecule has 0 aromatic carbocycles. The Morgan fingerprint density at radius 1 is 0.567 bits per heavy atom. The van der Waals surface area contributed by atoms with Crippen molar-refractivity contribution in [3.05, 3.63) is 23.3 Å². The van der Waals surface area contributed by atoms with E-state index in [9.17, 15) is 24.3 Å². The predicted octanol–water partition coefficient (Wildman–Crippen LogP) is 9.14. The number of aliphatic carboxylic acids is 3. The predicted molar refractivity (Wildman–Crippen MR) is 252 cm³/mol. The Bertz CT molecular complexity index is 1620. The normalized spacial score (nSPS) is 34.1. The van der Waals surface area contributed by atoms with Crippen LogP contribution in [0, 0.1) is 11.8 Å². The van der Waals surface area contributed by atoms with E-state index in [2.05, 4.69) is 53.7 Å². The number of epoxide rings is 4. The van der Waals surface area contributed by atoms with Crippen molar-refractivity contribution in [2.75, 3.05) is 27.4 Å². The number of aliphatic hydroxyl groups is 1. The average molecular weight is 951 g/mol. The monoisotopic (exact) mass is 951 g/mol. The van der Waals surface area contributed by atoms with Gasteiger partial charge in [-0.2, -0.15) is 0 Å². The lowest BCUT2D eigenvalue weighted by molar-refractivity contribution is -0.172. The van der Waals surface area contributed by atoms with Gasteiger partial charge in [-0.25, -0.2) is 0 Å². The van der Waals surface area contributed by atoms with E-state index in [1.807, 2.05) is 0 Å². The molecule has 2 saturated carbocycles. The number of carbonyl (C=O) groups is 4. The molecule has 15 nitrogen and oxygen atoms in total. The summed E-state index contributed by atoms with van der Waals surface area (Å²) in [6, 6.07) is 0. The Morgan fingerprint density at radius 2 is 0.925 bits per heavy atom. The number of carbonyl (C=O) groups excluding carboxylic acids is 1. The van der Waals surface area contributed by atoms with Crippen molar-refractivity contribution in [2.45, 2.75) is 242 Å². The molecule has 6 aliphatic rings. The van der Waals surface area contributed by atoms with Crippen molar-refractivity contribution in [1.82, 2.24) is 0 Å². The van der Waals surface area contributed by atoms with Crippen LogP contribution in [0.25, 0.3) is 0 Å². The molecule has 4 N–H and O–H groups in total. The van der Waals surface area contributed by atoms with Gasteiger partial charge in [0.05, 0.1) is 55.1 Å². The van der Waals surface area contributed by atoms with E-state index in [0.29, 0.717) is 6.42 Å². The highest BCUT2D eigenvalue weighted by Gasteiger charge is 2.73. The number of carboxylic acid groups (broad SMARTS) is 3. The van der Waals surface area contributed by atoms with Crippen LogP contribution in [0.3, 0.4) is 0 Å². The Balaban J connectivity index is 0.000000244. The summed E-state index contributed by atoms with van der Waals surface area (Å²) < 4.78 is 41.5. The van der Waals surface area contributed by atoms with Gasteiger partial charge in [0, 0.05) is 39.9 Å². The number of hydrogen-bond donors (Lipinski definition) is 4. The number of ether oxygens (including phenoxy) is 7. The smallest absolute Gasteiger partial charge is 0.306 e. The third-order valence-corrected chi connectivity index (χ3v) is 14.8. The first kappa shape index (κ1) is 56.7. The third-order valence-electron chi connectivity index (χ3n) is 14.8. The van der Waals surface area contributed by atoms with Crippen LogP contribution in [0.2, 0.25) is 0 Å². The number of methoxy groups -OCH3 is 2. The van der Waals surface area contributed by atoms with Gasteiger partial charge in [0.1, 0.15) is 29.0 Å². The van der Waals surface area contributed by atoms with Crippen molar-refractivity contribution in [3.63, 3.8) is 0 Å². The fourth-order valence-corrected chi connectivity index (χ4v) is 10.8. The number of carboxylic acids is 3. The molecule has 0 radical (unpaired) electrons. The number of aliphatic hydroxyl groups excluding tert-OH is 1. The molecule has 4 saturated heterocycles. The molecule has 0 amide bonds. The number of esters is 1. The summed E-state index contributed by atoms with van der Waals surface area (Å²) in [6.45, 7) is 14.2. The van der Waals surface area contributed by atoms with Crippen LogP contribution < -0.4 is 0 Å². The summed E-state index contributed by atoms with van der Waals surface area (Å²) in [7, 11) is 3.38. The maximum absolute atomic E-state index is 12.6. The summed E-state index contributed by atoms with van der Waals surface area (Å²) in [6.07, 6.45) is 20.7. The zero-order chi connectivity index (χ0) is 49.4. The quantitative estimate of drug-likeness (QED) is 0.0261. The Hall–Kier alpha value is -2.92. The Morgan fingerprint density at radius 3 is 1.28 bits per heavy atom. The zero-order valence-electron chi connectivity index (χ0n) is 42.0. The molecule has 4 aliphatic heterocycles. The van der Waals surface area contributed by atoms with E-state index in [4.69, 9.17) is 48.5 Å². The minimum Gasteiger partial charge on any atom is -0.481 e. The summed E-state index contributed by atoms with van der Waals surface area (Å²) in [4.78, 5) is 43.4. The molecular weight excluding hydrogens is 865 g/mol. The van der Waals surface area contributed by atoms with E-state index in [-0.39, 0.29) is 90.0 Å². The van der Waals surface area contributed by atoms with E-state index in [1.54, 1.807) is 14.2 Å². The van der Waals surface area contributed by atoms with E-state index < -0.39 is 24.0 Å². The first-order valence-electron chi connectivity index (χ1n) is 25.3. The van der Waals surface area contributed by atoms with E-state index >= 15 is 0 Å². The molecule has 4 heterocycles. The van der Waals surface area contributed by atoms with Gasteiger partial charge in [-0.15, -0.1) is 0 Å². The van der Waals surface area contributed by atoms with E-state index in [1.165, 1.54) is 11.1 Å². The molecule has 15 heteroatoms. The minimum atomic E-state index is -0.740. The van der Waals surface area contributed by atoms with Gasteiger partial charge in [0.25, 0.3) is 0 Å². The molecule has 6 rings (SSSR count). The average Bonchev–Trinajstić information content (AvgIpc) is 4.15. The zero-order valence-corrected chi connectivity index (χ0v) is 42.0. The van der Waals surface area contributed by atoms with Crippen LogP contribution in [0.4, 0.5) is 0 Å². The molecule has 0 bridgehead atoms. The summed E-state index contributed by atoms with van der Waals surface area (Å²) in [5.41, 5.74) is 1.71. The first-order valence-corrected chi connectivity index (χ1v) is 25.3. The van der Waals surface area contributed by atoms with Crippen molar-refractivity contribution < 1.29 is 72.8 Å². The second-order valence-electron chi connectivity index (χ2n) is 20.8. The van der Waals surface area contributed by atoms with Gasteiger partial charge >= 0.3 is 23.9 Å². The second kappa shape index (κ2) is 26.3. The second-order valence-corrected chi connectivity index (χ2v) is 20.8. The first-order chi connectivity index (χ1) is 31.8. The highest BCUT2D eigenvalue weighted by Crippen LogP contribution is 2.61. The van der Waals surface area contributed by atoms with Gasteiger partial charge in [-0.05, 0) is 106 Å². The molecule has 0 aromatic heterocycles. The number of rotatable bonds is 27. The van der Waals surface area contributed by atoms with Crippen molar-refractivity contribution in [1.29, 1.82) is 0 Å². The van der Waals surface area contributed by atoms with E-state index in [0.717, 1.165) is 129 Å². The lowest BCUT2D eigenvalue weighted by Gasteiger charge is -2.42. The minimum absolute atomic E-state index is 0.0444. The van der Waals surface area contributed by atoms with Crippen LogP contribution in [0.15, 0.2) is 23.3 Å². The van der Waals surface area contributed by atoms with Crippen molar-refractivity contribution in [3.8, 4) is 0 Å². The van der Waals surface area contributed by atoms with Gasteiger partial charge < -0.3 is 53.6 Å². The lowest BCUT2D eigenvalue weighted by atomic mass is 9.68. The molecule has 2 spiro atoms.